The fourth-order valence-corrected chi connectivity index (χ4v) is 4.20. The molecule has 0 aliphatic carbocycles. The van der Waals surface area contributed by atoms with Gasteiger partial charge in [-0.2, -0.15) is 0 Å². The molecule has 0 aromatic heterocycles. The Kier molecular flexibility index (Phi) is 7.05. The quantitative estimate of drug-likeness (QED) is 0.232. The smallest absolute Gasteiger partial charge is 0.309 e. The highest BCUT2D eigenvalue weighted by Crippen LogP contribution is 2.43. The van der Waals surface area contributed by atoms with Gasteiger partial charge in [-0.1, -0.05) is 36.4 Å². The molecule has 4 rings (SSSR count). The number of benzene rings is 3. The molecule has 8 heteroatoms. The number of nitrogens with zero attached hydrogens (tertiary/aromatic N) is 1. The summed E-state index contributed by atoms with van der Waals surface area (Å²) in [4.78, 5) is 39.6. The monoisotopic (exact) mass is 487 g/mol. The number of esters is 1. The van der Waals surface area contributed by atoms with Crippen LogP contribution in [0.3, 0.4) is 0 Å². The van der Waals surface area contributed by atoms with Crippen molar-refractivity contribution < 1.29 is 33.7 Å². The number of carbonyl (C=O) groups is 3. The van der Waals surface area contributed by atoms with Gasteiger partial charge in [-0.25, -0.2) is 0 Å². The van der Waals surface area contributed by atoms with Crippen molar-refractivity contribution in [1.82, 2.24) is 0 Å². The van der Waals surface area contributed by atoms with E-state index in [2.05, 4.69) is 0 Å². The number of hydrogen-bond acceptors (Lipinski definition) is 7. The predicted octanol–water partition coefficient (Wildman–Crippen LogP) is 4.05. The van der Waals surface area contributed by atoms with Gasteiger partial charge in [0.05, 0.1) is 44.9 Å². The Morgan fingerprint density at radius 2 is 1.56 bits per heavy atom. The molecule has 1 heterocycles. The van der Waals surface area contributed by atoms with E-state index < -0.39 is 23.7 Å². The van der Waals surface area contributed by atoms with Crippen molar-refractivity contribution in [3.63, 3.8) is 0 Å². The SMILES string of the molecule is COC(=O)Cc1ccc(N2C(=O)C(=O)/C(=C(\O)c3ccccc3OC)C2c2ccc(OC)cc2)cc1. The maximum Gasteiger partial charge on any atom is 0.309 e. The number of ketones is 1. The van der Waals surface area contributed by atoms with Crippen LogP contribution in [0, 0.1) is 0 Å². The minimum Gasteiger partial charge on any atom is -0.507 e. The third-order valence-corrected chi connectivity index (χ3v) is 6.03. The summed E-state index contributed by atoms with van der Waals surface area (Å²) in [7, 11) is 4.31. The number of methoxy groups -OCH3 is 3. The number of ether oxygens (including phenoxy) is 3. The summed E-state index contributed by atoms with van der Waals surface area (Å²) in [5, 5.41) is 11.3. The lowest BCUT2D eigenvalue weighted by Gasteiger charge is -2.26. The molecule has 1 aliphatic heterocycles. The molecule has 3 aromatic rings. The minimum absolute atomic E-state index is 0.0618. The van der Waals surface area contributed by atoms with Crippen molar-refractivity contribution >= 4 is 29.1 Å². The summed E-state index contributed by atoms with van der Waals surface area (Å²) in [5.41, 5.74) is 1.96. The summed E-state index contributed by atoms with van der Waals surface area (Å²) in [6, 6.07) is 19.4. The standard InChI is InChI=1S/C28H25NO7/c1-34-20-14-10-18(11-15-20)25-24(26(31)21-6-4-5-7-22(21)35-2)27(32)28(33)29(25)19-12-8-17(9-13-19)16-23(30)36-3/h4-15,25,31H,16H2,1-3H3/b26-24-. The molecular weight excluding hydrogens is 462 g/mol. The van der Waals surface area contributed by atoms with E-state index in [1.807, 2.05) is 0 Å². The molecule has 0 radical (unpaired) electrons. The van der Waals surface area contributed by atoms with E-state index in [9.17, 15) is 19.5 Å². The van der Waals surface area contributed by atoms with Gasteiger partial charge in [0.15, 0.2) is 0 Å². The van der Waals surface area contributed by atoms with Gasteiger partial charge in [-0.15, -0.1) is 0 Å². The number of aliphatic hydroxyl groups is 1. The maximum absolute atomic E-state index is 13.3. The molecule has 3 aromatic carbocycles. The molecule has 0 spiro atoms. The highest BCUT2D eigenvalue weighted by Gasteiger charge is 2.47. The molecule has 1 aliphatic rings. The zero-order valence-corrected chi connectivity index (χ0v) is 20.1. The van der Waals surface area contributed by atoms with Crippen LogP contribution in [0.4, 0.5) is 5.69 Å². The van der Waals surface area contributed by atoms with Gasteiger partial charge in [-0.05, 0) is 47.5 Å². The summed E-state index contributed by atoms with van der Waals surface area (Å²) < 4.78 is 15.3. The second-order valence-electron chi connectivity index (χ2n) is 8.06. The van der Waals surface area contributed by atoms with Crippen molar-refractivity contribution in [3.8, 4) is 11.5 Å². The Balaban J connectivity index is 1.87. The van der Waals surface area contributed by atoms with E-state index in [1.165, 1.54) is 19.1 Å². The molecule has 1 unspecified atom stereocenters. The molecule has 0 saturated carbocycles. The second-order valence-corrected chi connectivity index (χ2v) is 8.06. The highest BCUT2D eigenvalue weighted by atomic mass is 16.5. The topological polar surface area (TPSA) is 102 Å². The van der Waals surface area contributed by atoms with E-state index in [-0.39, 0.29) is 17.8 Å². The van der Waals surface area contributed by atoms with Crippen LogP contribution < -0.4 is 14.4 Å². The van der Waals surface area contributed by atoms with Crippen molar-refractivity contribution in [2.45, 2.75) is 12.5 Å². The molecule has 0 bridgehead atoms. The van der Waals surface area contributed by atoms with Gasteiger partial charge in [0.2, 0.25) is 0 Å². The minimum atomic E-state index is -0.910. The fraction of sp³-hybridized carbons (Fsp3) is 0.179. The van der Waals surface area contributed by atoms with E-state index >= 15 is 0 Å². The fourth-order valence-electron chi connectivity index (χ4n) is 4.20. The van der Waals surface area contributed by atoms with Crippen LogP contribution >= 0.6 is 0 Å². The van der Waals surface area contributed by atoms with E-state index in [1.54, 1.807) is 79.9 Å². The van der Waals surface area contributed by atoms with Crippen molar-refractivity contribution in [2.24, 2.45) is 0 Å². The molecule has 1 saturated heterocycles. The first-order chi connectivity index (χ1) is 17.4. The lowest BCUT2D eigenvalue weighted by molar-refractivity contribution is -0.139. The zero-order chi connectivity index (χ0) is 25.8. The van der Waals surface area contributed by atoms with Gasteiger partial charge >= 0.3 is 5.97 Å². The molecule has 1 atom stereocenters. The van der Waals surface area contributed by atoms with Crippen LogP contribution in [-0.4, -0.2) is 44.1 Å². The Hall–Kier alpha value is -4.59. The van der Waals surface area contributed by atoms with Gasteiger partial charge in [0.1, 0.15) is 17.3 Å². The molecular formula is C28H25NO7. The number of Topliss-reactive ketones (excluding diaryl/α,β-unsaturated/α-hetero) is 1. The number of anilines is 1. The van der Waals surface area contributed by atoms with Crippen LogP contribution in [-0.2, 0) is 25.5 Å². The highest BCUT2D eigenvalue weighted by molar-refractivity contribution is 6.51. The first-order valence-corrected chi connectivity index (χ1v) is 11.1. The largest absolute Gasteiger partial charge is 0.507 e. The summed E-state index contributed by atoms with van der Waals surface area (Å²) >= 11 is 0. The van der Waals surface area contributed by atoms with E-state index in [0.29, 0.717) is 33.9 Å². The Morgan fingerprint density at radius 1 is 0.889 bits per heavy atom. The van der Waals surface area contributed by atoms with Crippen molar-refractivity contribution in [2.75, 3.05) is 26.2 Å². The average Bonchev–Trinajstić information content (AvgIpc) is 3.18. The van der Waals surface area contributed by atoms with Crippen molar-refractivity contribution in [1.29, 1.82) is 0 Å². The third kappa shape index (κ3) is 4.53. The number of para-hydroxylation sites is 1. The molecule has 1 N–H and O–H groups in total. The number of carbonyl (C=O) groups excluding carboxylic acids is 3. The van der Waals surface area contributed by atoms with Crippen LogP contribution in [0.2, 0.25) is 0 Å². The lowest BCUT2D eigenvalue weighted by atomic mass is 9.94. The number of aliphatic hydroxyl groups excluding tert-OH is 1. The summed E-state index contributed by atoms with van der Waals surface area (Å²) in [6.07, 6.45) is 0.0747. The van der Waals surface area contributed by atoms with Gasteiger partial charge in [0, 0.05) is 5.69 Å². The van der Waals surface area contributed by atoms with Gasteiger partial charge < -0.3 is 19.3 Å². The summed E-state index contributed by atoms with van der Waals surface area (Å²) in [6.45, 7) is 0. The second kappa shape index (κ2) is 10.4. The number of amides is 1. The van der Waals surface area contributed by atoms with Crippen LogP contribution in [0.5, 0.6) is 11.5 Å². The zero-order valence-electron chi connectivity index (χ0n) is 20.1. The van der Waals surface area contributed by atoms with Crippen molar-refractivity contribution in [3.05, 3.63) is 95.1 Å². The first kappa shape index (κ1) is 24.5. The Morgan fingerprint density at radius 3 is 2.17 bits per heavy atom. The van der Waals surface area contributed by atoms with Crippen LogP contribution in [0.25, 0.3) is 5.76 Å². The summed E-state index contributed by atoms with van der Waals surface area (Å²) in [5.74, 6) is -1.37. The number of hydrogen-bond donors (Lipinski definition) is 1. The Labute approximate surface area is 208 Å². The first-order valence-electron chi connectivity index (χ1n) is 11.1. The maximum atomic E-state index is 13.3. The Bertz CT molecular complexity index is 1330. The van der Waals surface area contributed by atoms with Gasteiger partial charge in [-0.3, -0.25) is 19.3 Å². The molecule has 36 heavy (non-hydrogen) atoms. The number of rotatable bonds is 7. The molecule has 1 fully saturated rings. The van der Waals surface area contributed by atoms with Crippen LogP contribution in [0.1, 0.15) is 22.7 Å². The molecule has 1 amide bonds. The molecule has 8 nitrogen and oxygen atoms in total. The van der Waals surface area contributed by atoms with Crippen LogP contribution in [0.15, 0.2) is 78.4 Å². The van der Waals surface area contributed by atoms with Gasteiger partial charge in [0.25, 0.3) is 11.7 Å². The average molecular weight is 488 g/mol. The third-order valence-electron chi connectivity index (χ3n) is 6.03. The normalized spacial score (nSPS) is 16.6. The lowest BCUT2D eigenvalue weighted by Crippen LogP contribution is -2.29. The predicted molar refractivity (Wildman–Crippen MR) is 133 cm³/mol. The molecule has 184 valence electrons. The van der Waals surface area contributed by atoms with E-state index in [0.717, 1.165) is 0 Å². The van der Waals surface area contributed by atoms with E-state index in [4.69, 9.17) is 14.2 Å².